The van der Waals surface area contributed by atoms with Gasteiger partial charge in [0.2, 0.25) is 0 Å². The number of rotatable bonds is 3. The van der Waals surface area contributed by atoms with Crippen LogP contribution in [0.25, 0.3) is 66.6 Å². The molecule has 0 spiro atoms. The lowest BCUT2D eigenvalue weighted by molar-refractivity contribution is 1.10. The number of hydrogen-bond acceptors (Lipinski definition) is 2. The summed E-state index contributed by atoms with van der Waals surface area (Å²) in [5, 5.41) is 3.52. The summed E-state index contributed by atoms with van der Waals surface area (Å²) < 4.78 is 4.53. The highest BCUT2D eigenvalue weighted by molar-refractivity contribution is 6.07. The maximum absolute atomic E-state index is 5.04. The number of nitrogens with zero attached hydrogens (tertiary/aromatic N) is 4. The molecular weight excluding hydrogens is 464 g/mol. The molecule has 0 aliphatic carbocycles. The van der Waals surface area contributed by atoms with Gasteiger partial charge < -0.3 is 0 Å². The van der Waals surface area contributed by atoms with E-state index in [4.69, 9.17) is 9.97 Å². The number of pyridine rings is 2. The van der Waals surface area contributed by atoms with Crippen molar-refractivity contribution in [3.63, 3.8) is 0 Å². The van der Waals surface area contributed by atoms with Crippen molar-refractivity contribution in [2.24, 2.45) is 0 Å². The van der Waals surface area contributed by atoms with Crippen molar-refractivity contribution in [3.05, 3.63) is 134 Å². The molecule has 0 aliphatic rings. The maximum atomic E-state index is 5.04. The van der Waals surface area contributed by atoms with Crippen molar-refractivity contribution in [1.29, 1.82) is 0 Å². The van der Waals surface area contributed by atoms with Crippen LogP contribution in [0, 0.1) is 0 Å². The Bertz CT molecular complexity index is 2110. The quantitative estimate of drug-likeness (QED) is 0.252. The molecule has 178 valence electrons. The summed E-state index contributed by atoms with van der Waals surface area (Å²) in [6.07, 6.45) is 4.09. The number of para-hydroxylation sites is 2. The van der Waals surface area contributed by atoms with E-state index in [1.807, 2.05) is 6.20 Å². The van der Waals surface area contributed by atoms with E-state index in [0.717, 1.165) is 55.8 Å². The Hall–Kier alpha value is -5.22. The molecule has 4 aromatic heterocycles. The van der Waals surface area contributed by atoms with Crippen molar-refractivity contribution in [2.75, 3.05) is 0 Å². The van der Waals surface area contributed by atoms with Crippen molar-refractivity contribution < 1.29 is 0 Å². The predicted octanol–water partition coefficient (Wildman–Crippen LogP) is 8.31. The largest absolute Gasteiger partial charge is 0.294 e. The Kier molecular flexibility index (Phi) is 4.49. The zero-order chi connectivity index (χ0) is 25.1. The predicted molar refractivity (Wildman–Crippen MR) is 156 cm³/mol. The highest BCUT2D eigenvalue weighted by Gasteiger charge is 2.18. The molecule has 0 unspecified atom stereocenters. The van der Waals surface area contributed by atoms with E-state index in [9.17, 15) is 0 Å². The summed E-state index contributed by atoms with van der Waals surface area (Å²) in [5.74, 6) is 0. The van der Waals surface area contributed by atoms with Crippen LogP contribution < -0.4 is 0 Å². The zero-order valence-corrected chi connectivity index (χ0v) is 20.5. The summed E-state index contributed by atoms with van der Waals surface area (Å²) >= 11 is 0. The van der Waals surface area contributed by atoms with Crippen LogP contribution in [0.2, 0.25) is 0 Å². The first-order valence-electron chi connectivity index (χ1n) is 12.8. The summed E-state index contributed by atoms with van der Waals surface area (Å²) in [7, 11) is 0. The van der Waals surface area contributed by atoms with Crippen LogP contribution in [-0.4, -0.2) is 18.9 Å². The second kappa shape index (κ2) is 8.15. The molecule has 0 amide bonds. The smallest absolute Gasteiger partial charge is 0.150 e. The van der Waals surface area contributed by atoms with E-state index in [0.29, 0.717) is 0 Å². The van der Waals surface area contributed by atoms with Crippen molar-refractivity contribution in [3.8, 4) is 28.1 Å². The Labute approximate surface area is 219 Å². The summed E-state index contributed by atoms with van der Waals surface area (Å²) in [6, 6.07) is 42.4. The molecule has 4 aromatic carbocycles. The van der Waals surface area contributed by atoms with E-state index < -0.39 is 0 Å². The molecule has 4 heteroatoms. The first-order chi connectivity index (χ1) is 18.8. The Morgan fingerprint density at radius 1 is 0.553 bits per heavy atom. The minimum Gasteiger partial charge on any atom is -0.294 e. The van der Waals surface area contributed by atoms with Crippen molar-refractivity contribution in [2.45, 2.75) is 0 Å². The minimum absolute atomic E-state index is 0.936. The third kappa shape index (κ3) is 3.10. The second-order valence-corrected chi connectivity index (χ2v) is 9.58. The van der Waals surface area contributed by atoms with Crippen LogP contribution >= 0.6 is 0 Å². The normalized spacial score (nSPS) is 11.7. The Balaban J connectivity index is 1.30. The third-order valence-corrected chi connectivity index (χ3v) is 7.38. The third-order valence-electron chi connectivity index (χ3n) is 7.38. The van der Waals surface area contributed by atoms with E-state index in [-0.39, 0.29) is 0 Å². The first-order valence-corrected chi connectivity index (χ1v) is 12.8. The molecule has 0 aliphatic heterocycles. The Morgan fingerprint density at radius 3 is 2.13 bits per heavy atom. The van der Waals surface area contributed by atoms with Crippen LogP contribution in [0.5, 0.6) is 0 Å². The number of fused-ring (bicyclic) bond motifs is 6. The van der Waals surface area contributed by atoms with Gasteiger partial charge in [-0.05, 0) is 52.9 Å². The fourth-order valence-corrected chi connectivity index (χ4v) is 5.59. The van der Waals surface area contributed by atoms with Gasteiger partial charge in [0.1, 0.15) is 11.2 Å². The van der Waals surface area contributed by atoms with E-state index >= 15 is 0 Å². The van der Waals surface area contributed by atoms with Gasteiger partial charge >= 0.3 is 0 Å². The SMILES string of the molecule is c1ccc(-n2c3ccccc3c3nc4ccc(-c5ccc(-c6nccc7ccccc67)cc5)cn4c32)cc1. The topological polar surface area (TPSA) is 35.1 Å². The van der Waals surface area contributed by atoms with Gasteiger partial charge in [-0.2, -0.15) is 0 Å². The molecule has 0 radical (unpaired) electrons. The fourth-order valence-electron chi connectivity index (χ4n) is 5.59. The molecule has 0 bridgehead atoms. The van der Waals surface area contributed by atoms with Gasteiger partial charge in [0, 0.05) is 34.4 Å². The average Bonchev–Trinajstić information content (AvgIpc) is 3.52. The molecule has 4 nitrogen and oxygen atoms in total. The highest BCUT2D eigenvalue weighted by Crippen LogP contribution is 2.34. The molecule has 0 N–H and O–H groups in total. The van der Waals surface area contributed by atoms with Gasteiger partial charge in [-0.25, -0.2) is 4.98 Å². The number of hydrogen-bond donors (Lipinski definition) is 0. The van der Waals surface area contributed by atoms with Gasteiger partial charge in [-0.3, -0.25) is 14.0 Å². The molecule has 8 aromatic rings. The lowest BCUT2D eigenvalue weighted by atomic mass is 10.0. The van der Waals surface area contributed by atoms with Crippen molar-refractivity contribution >= 4 is 38.5 Å². The molecule has 0 saturated carbocycles. The van der Waals surface area contributed by atoms with Gasteiger partial charge in [0.25, 0.3) is 0 Å². The molecule has 0 fully saturated rings. The minimum atomic E-state index is 0.936. The first kappa shape index (κ1) is 20.9. The zero-order valence-electron chi connectivity index (χ0n) is 20.5. The molecule has 8 rings (SSSR count). The van der Waals surface area contributed by atoms with Crippen LogP contribution in [0.4, 0.5) is 0 Å². The lowest BCUT2D eigenvalue weighted by Gasteiger charge is -2.10. The van der Waals surface area contributed by atoms with E-state index in [2.05, 4.69) is 136 Å². The molecule has 4 heterocycles. The lowest BCUT2D eigenvalue weighted by Crippen LogP contribution is -1.97. The Morgan fingerprint density at radius 2 is 1.26 bits per heavy atom. The van der Waals surface area contributed by atoms with Gasteiger partial charge in [0.05, 0.1) is 11.2 Å². The number of benzene rings is 4. The van der Waals surface area contributed by atoms with Crippen LogP contribution in [-0.2, 0) is 0 Å². The second-order valence-electron chi connectivity index (χ2n) is 9.58. The van der Waals surface area contributed by atoms with E-state index in [1.165, 1.54) is 10.8 Å². The summed E-state index contributed by atoms with van der Waals surface area (Å²) in [6.45, 7) is 0. The van der Waals surface area contributed by atoms with Gasteiger partial charge in [-0.1, -0.05) is 84.9 Å². The molecule has 0 saturated heterocycles. The molecular formula is C34H22N4. The number of aromatic nitrogens is 4. The van der Waals surface area contributed by atoms with Gasteiger partial charge in [-0.15, -0.1) is 0 Å². The monoisotopic (exact) mass is 486 g/mol. The van der Waals surface area contributed by atoms with Gasteiger partial charge in [0.15, 0.2) is 5.65 Å². The van der Waals surface area contributed by atoms with Crippen LogP contribution in [0.1, 0.15) is 0 Å². The molecule has 0 atom stereocenters. The average molecular weight is 487 g/mol. The van der Waals surface area contributed by atoms with Crippen molar-refractivity contribution in [1.82, 2.24) is 18.9 Å². The van der Waals surface area contributed by atoms with E-state index in [1.54, 1.807) is 0 Å². The maximum Gasteiger partial charge on any atom is 0.150 e. The van der Waals surface area contributed by atoms with Crippen LogP contribution in [0.15, 0.2) is 134 Å². The fraction of sp³-hybridized carbons (Fsp3) is 0. The number of imidazole rings is 1. The molecule has 38 heavy (non-hydrogen) atoms. The highest BCUT2D eigenvalue weighted by atomic mass is 15.1. The van der Waals surface area contributed by atoms with Crippen LogP contribution in [0.3, 0.4) is 0 Å². The standard InChI is InChI=1S/C34H22N4/c1-2-9-27(10-3-1)38-30-13-7-6-12-29(30)33-34(38)37-22-26(18-19-31(37)36-33)23-14-16-25(17-15-23)32-28-11-5-4-8-24(28)20-21-35-32/h1-22H. The summed E-state index contributed by atoms with van der Waals surface area (Å²) in [5.41, 5.74) is 9.71. The summed E-state index contributed by atoms with van der Waals surface area (Å²) in [4.78, 5) is 9.73.